The van der Waals surface area contributed by atoms with Crippen LogP contribution in [0.2, 0.25) is 0 Å². The van der Waals surface area contributed by atoms with Gasteiger partial charge in [0, 0.05) is 38.6 Å². The summed E-state index contributed by atoms with van der Waals surface area (Å²) in [6.07, 6.45) is 9.40. The summed E-state index contributed by atoms with van der Waals surface area (Å²) in [7, 11) is -3.43. The van der Waals surface area contributed by atoms with Crippen molar-refractivity contribution in [3.05, 3.63) is 47.9 Å². The van der Waals surface area contributed by atoms with E-state index in [4.69, 9.17) is 0 Å². The van der Waals surface area contributed by atoms with Gasteiger partial charge in [0.15, 0.2) is 0 Å². The van der Waals surface area contributed by atoms with Gasteiger partial charge in [-0.25, -0.2) is 13.4 Å². The van der Waals surface area contributed by atoms with Crippen molar-refractivity contribution in [1.29, 1.82) is 0 Å². The Labute approximate surface area is 148 Å². The van der Waals surface area contributed by atoms with E-state index >= 15 is 0 Å². The summed E-state index contributed by atoms with van der Waals surface area (Å²) in [5, 5.41) is 0. The van der Waals surface area contributed by atoms with Crippen LogP contribution in [-0.2, 0) is 22.9 Å². The highest BCUT2D eigenvalue weighted by Crippen LogP contribution is 2.26. The van der Waals surface area contributed by atoms with Crippen LogP contribution in [0.5, 0.6) is 0 Å². The molecule has 0 N–H and O–H groups in total. The molecule has 0 spiro atoms. The summed E-state index contributed by atoms with van der Waals surface area (Å²) in [5.41, 5.74) is 2.50. The summed E-state index contributed by atoms with van der Waals surface area (Å²) < 4.78 is 27.6. The zero-order valence-corrected chi connectivity index (χ0v) is 15.0. The predicted octanol–water partition coefficient (Wildman–Crippen LogP) is 1.87. The Morgan fingerprint density at radius 2 is 1.68 bits per heavy atom. The Morgan fingerprint density at radius 1 is 0.920 bits per heavy atom. The van der Waals surface area contributed by atoms with Crippen molar-refractivity contribution >= 4 is 15.8 Å². The fourth-order valence-corrected chi connectivity index (χ4v) is 5.10. The van der Waals surface area contributed by atoms with Crippen molar-refractivity contribution in [2.75, 3.05) is 31.1 Å². The van der Waals surface area contributed by atoms with Crippen molar-refractivity contribution in [2.24, 2.45) is 0 Å². The summed E-state index contributed by atoms with van der Waals surface area (Å²) >= 11 is 0. The predicted molar refractivity (Wildman–Crippen MR) is 96.1 cm³/mol. The summed E-state index contributed by atoms with van der Waals surface area (Å²) in [6, 6.07) is 5.66. The molecule has 0 amide bonds. The molecule has 1 aliphatic heterocycles. The molecule has 1 aliphatic carbocycles. The third-order valence-corrected chi connectivity index (χ3v) is 6.96. The minimum atomic E-state index is -3.43. The SMILES string of the molecule is O=S(=O)(c1ccc2c(c1)CCCC2)N1CCN(c2cnccn2)CC1. The quantitative estimate of drug-likeness (QED) is 0.838. The Kier molecular flexibility index (Phi) is 4.43. The Morgan fingerprint density at radius 3 is 2.40 bits per heavy atom. The van der Waals surface area contributed by atoms with Crippen molar-refractivity contribution in [3.63, 3.8) is 0 Å². The fourth-order valence-electron chi connectivity index (χ4n) is 3.63. The number of nitrogens with zero attached hydrogens (tertiary/aromatic N) is 4. The normalized spacial score (nSPS) is 18.8. The molecule has 1 aromatic heterocycles. The van der Waals surface area contributed by atoms with Crippen LogP contribution in [0.15, 0.2) is 41.7 Å². The first-order chi connectivity index (χ1) is 12.1. The number of hydrogen-bond donors (Lipinski definition) is 0. The zero-order chi connectivity index (χ0) is 17.3. The van der Waals surface area contributed by atoms with E-state index in [1.807, 2.05) is 12.1 Å². The monoisotopic (exact) mass is 358 g/mol. The minimum Gasteiger partial charge on any atom is -0.353 e. The van der Waals surface area contributed by atoms with Crippen LogP contribution in [0.4, 0.5) is 5.82 Å². The van der Waals surface area contributed by atoms with Crippen LogP contribution in [-0.4, -0.2) is 48.9 Å². The Balaban J connectivity index is 1.50. The number of fused-ring (bicyclic) bond motifs is 1. The van der Waals surface area contributed by atoms with E-state index in [1.54, 1.807) is 29.0 Å². The molecule has 0 unspecified atom stereocenters. The Bertz CT molecular complexity index is 847. The van der Waals surface area contributed by atoms with Gasteiger partial charge >= 0.3 is 0 Å². The average Bonchev–Trinajstić information content (AvgIpc) is 2.68. The number of piperazine rings is 1. The number of anilines is 1. The largest absolute Gasteiger partial charge is 0.353 e. The van der Waals surface area contributed by atoms with E-state index in [9.17, 15) is 8.42 Å². The summed E-state index contributed by atoms with van der Waals surface area (Å²) in [4.78, 5) is 10.9. The van der Waals surface area contributed by atoms with Crippen molar-refractivity contribution in [3.8, 4) is 0 Å². The lowest BCUT2D eigenvalue weighted by Crippen LogP contribution is -2.49. The second kappa shape index (κ2) is 6.72. The lowest BCUT2D eigenvalue weighted by Gasteiger charge is -2.34. The van der Waals surface area contributed by atoms with E-state index in [0.29, 0.717) is 31.1 Å². The summed E-state index contributed by atoms with van der Waals surface area (Å²) in [5.74, 6) is 0.799. The van der Waals surface area contributed by atoms with Crippen LogP contribution >= 0.6 is 0 Å². The van der Waals surface area contributed by atoms with Crippen molar-refractivity contribution < 1.29 is 8.42 Å². The standard InChI is InChI=1S/C18H22N4O2S/c23-25(24,17-6-5-15-3-1-2-4-16(15)13-17)22-11-9-21(10-12-22)18-14-19-7-8-20-18/h5-8,13-14H,1-4,9-12H2. The molecule has 4 rings (SSSR count). The molecule has 0 atom stereocenters. The smallest absolute Gasteiger partial charge is 0.243 e. The Hall–Kier alpha value is -1.99. The van der Waals surface area contributed by atoms with Gasteiger partial charge < -0.3 is 4.90 Å². The maximum absolute atomic E-state index is 13.0. The van der Waals surface area contributed by atoms with Crippen LogP contribution < -0.4 is 4.90 Å². The van der Waals surface area contributed by atoms with E-state index in [0.717, 1.165) is 25.1 Å². The molecule has 0 saturated carbocycles. The number of aromatic nitrogens is 2. The fraction of sp³-hybridized carbons (Fsp3) is 0.444. The first-order valence-electron chi connectivity index (χ1n) is 8.77. The highest BCUT2D eigenvalue weighted by Gasteiger charge is 2.29. The molecule has 2 heterocycles. The molecule has 7 heteroatoms. The number of hydrogen-bond acceptors (Lipinski definition) is 5. The van der Waals surface area contributed by atoms with E-state index < -0.39 is 10.0 Å². The lowest BCUT2D eigenvalue weighted by atomic mass is 9.92. The van der Waals surface area contributed by atoms with E-state index in [2.05, 4.69) is 14.9 Å². The first-order valence-corrected chi connectivity index (χ1v) is 10.2. The van der Waals surface area contributed by atoms with Crippen LogP contribution in [0.25, 0.3) is 0 Å². The van der Waals surface area contributed by atoms with Crippen LogP contribution in [0.3, 0.4) is 0 Å². The van der Waals surface area contributed by atoms with Gasteiger partial charge in [0.05, 0.1) is 11.1 Å². The maximum atomic E-state index is 13.0. The lowest BCUT2D eigenvalue weighted by molar-refractivity contribution is 0.383. The number of aryl methyl sites for hydroxylation is 2. The first kappa shape index (κ1) is 16.5. The number of benzene rings is 1. The molecule has 1 fully saturated rings. The van der Waals surface area contributed by atoms with E-state index in [-0.39, 0.29) is 0 Å². The third-order valence-electron chi connectivity index (χ3n) is 5.07. The average molecular weight is 358 g/mol. The van der Waals surface area contributed by atoms with Gasteiger partial charge in [0.2, 0.25) is 10.0 Å². The van der Waals surface area contributed by atoms with Gasteiger partial charge in [-0.3, -0.25) is 4.98 Å². The second-order valence-corrected chi connectivity index (χ2v) is 8.53. The van der Waals surface area contributed by atoms with E-state index in [1.165, 1.54) is 17.5 Å². The molecule has 1 saturated heterocycles. The van der Waals surface area contributed by atoms with Crippen LogP contribution in [0.1, 0.15) is 24.0 Å². The summed E-state index contributed by atoms with van der Waals surface area (Å²) in [6.45, 7) is 2.19. The molecule has 0 radical (unpaired) electrons. The van der Waals surface area contributed by atoms with Gasteiger partial charge in [-0.15, -0.1) is 0 Å². The second-order valence-electron chi connectivity index (χ2n) is 6.59. The van der Waals surface area contributed by atoms with Gasteiger partial charge in [-0.05, 0) is 48.9 Å². The highest BCUT2D eigenvalue weighted by atomic mass is 32.2. The van der Waals surface area contributed by atoms with Gasteiger partial charge in [0.25, 0.3) is 0 Å². The minimum absolute atomic E-state index is 0.432. The molecule has 2 aromatic rings. The van der Waals surface area contributed by atoms with Gasteiger partial charge in [-0.1, -0.05) is 6.07 Å². The molecule has 6 nitrogen and oxygen atoms in total. The topological polar surface area (TPSA) is 66.4 Å². The number of sulfonamides is 1. The van der Waals surface area contributed by atoms with Crippen LogP contribution in [0, 0.1) is 0 Å². The van der Waals surface area contributed by atoms with Crippen molar-refractivity contribution in [2.45, 2.75) is 30.6 Å². The molecule has 25 heavy (non-hydrogen) atoms. The molecule has 0 bridgehead atoms. The molecule has 2 aliphatic rings. The zero-order valence-electron chi connectivity index (χ0n) is 14.1. The maximum Gasteiger partial charge on any atom is 0.243 e. The number of rotatable bonds is 3. The highest BCUT2D eigenvalue weighted by molar-refractivity contribution is 7.89. The van der Waals surface area contributed by atoms with Crippen molar-refractivity contribution in [1.82, 2.24) is 14.3 Å². The van der Waals surface area contributed by atoms with Gasteiger partial charge in [-0.2, -0.15) is 4.31 Å². The third kappa shape index (κ3) is 3.26. The molecule has 1 aromatic carbocycles. The molecular formula is C18H22N4O2S. The van der Waals surface area contributed by atoms with Gasteiger partial charge in [0.1, 0.15) is 5.82 Å². The molecular weight excluding hydrogens is 336 g/mol. The molecule has 132 valence electrons.